The van der Waals surface area contributed by atoms with E-state index in [-0.39, 0.29) is 18.0 Å². The Hall–Kier alpha value is -3.16. The van der Waals surface area contributed by atoms with Crippen molar-refractivity contribution < 1.29 is 8.78 Å². The van der Waals surface area contributed by atoms with Gasteiger partial charge in [-0.3, -0.25) is 4.79 Å². The van der Waals surface area contributed by atoms with E-state index in [4.69, 9.17) is 0 Å². The van der Waals surface area contributed by atoms with Gasteiger partial charge in [-0.1, -0.05) is 26.7 Å². The molecule has 0 bridgehead atoms. The number of benzene rings is 1. The molecule has 4 aromatic rings. The van der Waals surface area contributed by atoms with E-state index in [1.54, 1.807) is 12.4 Å². The zero-order chi connectivity index (χ0) is 20.5. The third kappa shape index (κ3) is 3.50. The number of hydrogen-bond donors (Lipinski definition) is 1. The molecule has 29 heavy (non-hydrogen) atoms. The second-order valence-electron chi connectivity index (χ2n) is 7.25. The van der Waals surface area contributed by atoms with Crippen LogP contribution in [0.3, 0.4) is 0 Å². The van der Waals surface area contributed by atoms with Gasteiger partial charge < -0.3 is 9.55 Å². The molecule has 0 aliphatic heterocycles. The highest BCUT2D eigenvalue weighted by atomic mass is 19.2. The number of hydrogen-bond acceptors (Lipinski definition) is 4. The van der Waals surface area contributed by atoms with Crippen molar-refractivity contribution in [2.75, 3.05) is 0 Å². The second-order valence-corrected chi connectivity index (χ2v) is 7.25. The van der Waals surface area contributed by atoms with Gasteiger partial charge in [-0.2, -0.15) is 0 Å². The van der Waals surface area contributed by atoms with Crippen LogP contribution in [0.1, 0.15) is 50.4 Å². The number of pyridine rings is 1. The van der Waals surface area contributed by atoms with Crippen molar-refractivity contribution in [1.82, 2.24) is 24.5 Å². The molecule has 3 aromatic heterocycles. The van der Waals surface area contributed by atoms with Gasteiger partial charge in [0.2, 0.25) is 5.56 Å². The summed E-state index contributed by atoms with van der Waals surface area (Å²) in [4.78, 5) is 27.9. The zero-order valence-corrected chi connectivity index (χ0v) is 16.2. The minimum atomic E-state index is -1.06. The van der Waals surface area contributed by atoms with Crippen LogP contribution in [0, 0.1) is 11.6 Å². The number of H-pyrrole nitrogens is 1. The van der Waals surface area contributed by atoms with Crippen LogP contribution in [0.2, 0.25) is 0 Å². The first-order valence-corrected chi connectivity index (χ1v) is 9.66. The molecule has 0 radical (unpaired) electrons. The van der Waals surface area contributed by atoms with Crippen LogP contribution >= 0.6 is 0 Å². The number of halogens is 2. The lowest BCUT2D eigenvalue weighted by molar-refractivity contribution is 0.515. The Morgan fingerprint density at radius 3 is 2.79 bits per heavy atom. The van der Waals surface area contributed by atoms with Crippen LogP contribution in [0.25, 0.3) is 22.2 Å². The van der Waals surface area contributed by atoms with Gasteiger partial charge in [0.05, 0.1) is 12.1 Å². The number of nitrogens with one attached hydrogen (secondary N) is 1. The van der Waals surface area contributed by atoms with Crippen LogP contribution in [0.15, 0.2) is 35.4 Å². The third-order valence-electron chi connectivity index (χ3n) is 5.17. The first-order chi connectivity index (χ1) is 14.0. The summed E-state index contributed by atoms with van der Waals surface area (Å²) in [7, 11) is 0. The van der Waals surface area contributed by atoms with E-state index in [9.17, 15) is 13.6 Å². The SMILES string of the molecule is CCCCC(C)c1nc2nccnc2n1Cc1cc(=O)[nH]c2c(F)c(F)ccc12. The van der Waals surface area contributed by atoms with Crippen molar-refractivity contribution in [1.29, 1.82) is 0 Å². The number of aromatic amines is 1. The molecule has 0 saturated carbocycles. The number of unbranched alkanes of at least 4 members (excludes halogenated alkanes) is 1. The molecule has 1 N–H and O–H groups in total. The Morgan fingerprint density at radius 2 is 2.00 bits per heavy atom. The van der Waals surface area contributed by atoms with Gasteiger partial charge in [0.25, 0.3) is 0 Å². The highest BCUT2D eigenvalue weighted by Gasteiger charge is 2.20. The minimum Gasteiger partial charge on any atom is -0.319 e. The zero-order valence-electron chi connectivity index (χ0n) is 16.2. The molecule has 6 nitrogen and oxygen atoms in total. The molecule has 1 atom stereocenters. The number of fused-ring (bicyclic) bond motifs is 2. The van der Waals surface area contributed by atoms with Crippen LogP contribution in [-0.2, 0) is 6.54 Å². The van der Waals surface area contributed by atoms with Crippen LogP contribution in [0.4, 0.5) is 8.78 Å². The Bertz CT molecular complexity index is 1250. The van der Waals surface area contributed by atoms with Crippen LogP contribution in [-0.4, -0.2) is 24.5 Å². The molecule has 0 amide bonds. The maximum atomic E-state index is 14.3. The fraction of sp³-hybridized carbons (Fsp3) is 0.333. The molecular formula is C21H21F2N5O. The molecule has 0 aliphatic rings. The normalized spacial score (nSPS) is 12.7. The van der Waals surface area contributed by atoms with Crippen molar-refractivity contribution >= 4 is 22.2 Å². The van der Waals surface area contributed by atoms with Crippen molar-refractivity contribution in [3.05, 3.63) is 64.0 Å². The fourth-order valence-electron chi connectivity index (χ4n) is 3.68. The summed E-state index contributed by atoms with van der Waals surface area (Å²) in [5.74, 6) is -1.09. The van der Waals surface area contributed by atoms with E-state index >= 15 is 0 Å². The lowest BCUT2D eigenvalue weighted by atomic mass is 10.0. The monoisotopic (exact) mass is 397 g/mol. The molecule has 150 valence electrons. The Labute approximate surface area is 165 Å². The molecule has 8 heteroatoms. The minimum absolute atomic E-state index is 0.136. The Balaban J connectivity index is 1.88. The quantitative estimate of drug-likeness (QED) is 0.527. The van der Waals surface area contributed by atoms with E-state index in [0.29, 0.717) is 22.2 Å². The Kier molecular flexibility index (Phi) is 5.08. The summed E-state index contributed by atoms with van der Waals surface area (Å²) in [6, 6.07) is 3.95. The smallest absolute Gasteiger partial charge is 0.248 e. The molecule has 1 unspecified atom stereocenters. The van der Waals surface area contributed by atoms with Gasteiger partial charge in [-0.25, -0.2) is 23.7 Å². The van der Waals surface area contributed by atoms with Gasteiger partial charge in [-0.15, -0.1) is 0 Å². The molecule has 0 saturated heterocycles. The summed E-state index contributed by atoms with van der Waals surface area (Å²) in [6.45, 7) is 4.49. The molecule has 0 spiro atoms. The fourth-order valence-corrected chi connectivity index (χ4v) is 3.68. The van der Waals surface area contributed by atoms with Crippen molar-refractivity contribution in [2.45, 2.75) is 45.6 Å². The van der Waals surface area contributed by atoms with E-state index in [0.717, 1.165) is 31.2 Å². The number of rotatable bonds is 6. The highest BCUT2D eigenvalue weighted by molar-refractivity contribution is 5.82. The predicted molar refractivity (Wildman–Crippen MR) is 107 cm³/mol. The largest absolute Gasteiger partial charge is 0.319 e. The molecular weight excluding hydrogens is 376 g/mol. The number of nitrogens with zero attached hydrogens (tertiary/aromatic N) is 4. The lowest BCUT2D eigenvalue weighted by Gasteiger charge is -2.15. The first-order valence-electron chi connectivity index (χ1n) is 9.66. The van der Waals surface area contributed by atoms with E-state index in [2.05, 4.69) is 33.8 Å². The predicted octanol–water partition coefficient (Wildman–Crippen LogP) is 4.29. The van der Waals surface area contributed by atoms with Gasteiger partial charge in [0, 0.05) is 29.8 Å². The standard InChI is InChI=1S/C21H21F2N5O/c1-3-4-5-12(2)20-27-19-21(25-9-8-24-19)28(20)11-13-10-16(29)26-18-14(13)6-7-15(22)17(18)23/h6-10,12H,3-5,11H2,1-2H3,(H,26,29). The van der Waals surface area contributed by atoms with Crippen molar-refractivity contribution in [2.24, 2.45) is 0 Å². The average molecular weight is 397 g/mol. The molecule has 1 aromatic carbocycles. The maximum absolute atomic E-state index is 14.3. The molecule has 4 rings (SSSR count). The number of imidazole rings is 1. The molecule has 0 fully saturated rings. The van der Waals surface area contributed by atoms with Gasteiger partial charge in [0.15, 0.2) is 22.9 Å². The van der Waals surface area contributed by atoms with E-state index in [1.807, 2.05) is 4.57 Å². The highest BCUT2D eigenvalue weighted by Crippen LogP contribution is 2.27. The summed E-state index contributed by atoms with van der Waals surface area (Å²) in [5, 5.41) is 0.446. The van der Waals surface area contributed by atoms with Gasteiger partial charge in [0.1, 0.15) is 5.82 Å². The second kappa shape index (κ2) is 7.69. The topological polar surface area (TPSA) is 76.5 Å². The average Bonchev–Trinajstić information content (AvgIpc) is 3.08. The summed E-state index contributed by atoms with van der Waals surface area (Å²) in [6.07, 6.45) is 6.26. The van der Waals surface area contributed by atoms with Gasteiger partial charge in [-0.05, 0) is 24.1 Å². The van der Waals surface area contributed by atoms with E-state index in [1.165, 1.54) is 12.1 Å². The maximum Gasteiger partial charge on any atom is 0.248 e. The van der Waals surface area contributed by atoms with Crippen LogP contribution in [0.5, 0.6) is 0 Å². The number of aromatic nitrogens is 5. The summed E-state index contributed by atoms with van der Waals surface area (Å²) in [5.41, 5.74) is 1.06. The van der Waals surface area contributed by atoms with Crippen molar-refractivity contribution in [3.8, 4) is 0 Å². The molecule has 3 heterocycles. The van der Waals surface area contributed by atoms with E-state index < -0.39 is 17.2 Å². The summed E-state index contributed by atoms with van der Waals surface area (Å²) >= 11 is 0. The lowest BCUT2D eigenvalue weighted by Crippen LogP contribution is -2.13. The van der Waals surface area contributed by atoms with Crippen LogP contribution < -0.4 is 5.56 Å². The first kappa shape index (κ1) is 19.2. The Morgan fingerprint density at radius 1 is 1.21 bits per heavy atom. The molecule has 0 aliphatic carbocycles. The van der Waals surface area contributed by atoms with Gasteiger partial charge >= 0.3 is 0 Å². The third-order valence-corrected chi connectivity index (χ3v) is 5.17. The summed E-state index contributed by atoms with van der Waals surface area (Å²) < 4.78 is 29.8. The van der Waals surface area contributed by atoms with Crippen molar-refractivity contribution in [3.63, 3.8) is 0 Å².